The molecule has 0 aliphatic carbocycles. The van der Waals surface area contributed by atoms with Crippen molar-refractivity contribution < 1.29 is 4.57 Å². The highest BCUT2D eigenvalue weighted by Gasteiger charge is 2.32. The van der Waals surface area contributed by atoms with Crippen LogP contribution in [0.4, 0.5) is 11.4 Å². The van der Waals surface area contributed by atoms with Crippen LogP contribution in [0.25, 0.3) is 32.9 Å². The van der Waals surface area contributed by atoms with Crippen molar-refractivity contribution in [2.24, 2.45) is 7.05 Å². The molecule has 4 aromatic rings. The van der Waals surface area contributed by atoms with Gasteiger partial charge in [-0.3, -0.25) is 0 Å². The summed E-state index contributed by atoms with van der Waals surface area (Å²) in [6.45, 7) is 11.1. The van der Waals surface area contributed by atoms with Crippen LogP contribution >= 0.6 is 0 Å². The van der Waals surface area contributed by atoms with E-state index in [0.717, 1.165) is 0 Å². The first-order valence-electron chi connectivity index (χ1n) is 10.0. The highest BCUT2D eigenvalue weighted by atomic mass is 15.1. The van der Waals surface area contributed by atoms with Crippen molar-refractivity contribution in [3.63, 3.8) is 0 Å². The van der Waals surface area contributed by atoms with Gasteiger partial charge in [-0.05, 0) is 86.7 Å². The van der Waals surface area contributed by atoms with Gasteiger partial charge < -0.3 is 4.90 Å². The summed E-state index contributed by atoms with van der Waals surface area (Å²) in [4.78, 5) is 2.37. The van der Waals surface area contributed by atoms with E-state index in [4.69, 9.17) is 0 Å². The summed E-state index contributed by atoms with van der Waals surface area (Å²) in [5.74, 6) is 0. The Bertz CT molecular complexity index is 1330. The lowest BCUT2D eigenvalue weighted by Crippen LogP contribution is -2.35. The second kappa shape index (κ2) is 5.57. The molecular weight excluding hydrogens is 340 g/mol. The topological polar surface area (TPSA) is 7.12 Å². The van der Waals surface area contributed by atoms with Gasteiger partial charge in [0, 0.05) is 18.5 Å². The van der Waals surface area contributed by atoms with Crippen LogP contribution in [0, 0.1) is 34.6 Å². The van der Waals surface area contributed by atoms with Crippen LogP contribution in [0.1, 0.15) is 27.8 Å². The second-order valence-corrected chi connectivity index (χ2v) is 8.58. The van der Waals surface area contributed by atoms with Gasteiger partial charge in [0.05, 0.1) is 27.7 Å². The molecule has 1 aliphatic rings. The van der Waals surface area contributed by atoms with Crippen LogP contribution in [-0.4, -0.2) is 7.05 Å². The molecule has 2 nitrogen and oxygen atoms in total. The van der Waals surface area contributed by atoms with Crippen molar-refractivity contribution in [3.05, 3.63) is 64.2 Å². The molecule has 3 aromatic carbocycles. The SMILES string of the molecule is Cc1cc2c3c([n+](C)c4cc(C)c(C)cc4c3c1)-c1cc(C)c(C)cc1N2C. The summed E-state index contributed by atoms with van der Waals surface area (Å²) in [5, 5.41) is 4.06. The van der Waals surface area contributed by atoms with Crippen molar-refractivity contribution in [2.75, 3.05) is 11.9 Å². The molecule has 2 heteroatoms. The zero-order valence-electron chi connectivity index (χ0n) is 17.9. The Hall–Kier alpha value is -2.87. The molecule has 0 amide bonds. The van der Waals surface area contributed by atoms with Crippen molar-refractivity contribution in [2.45, 2.75) is 34.6 Å². The van der Waals surface area contributed by atoms with Crippen LogP contribution in [0.5, 0.6) is 0 Å². The first kappa shape index (κ1) is 17.2. The summed E-state index contributed by atoms with van der Waals surface area (Å²) in [5.41, 5.74) is 13.2. The molecule has 1 aliphatic heterocycles. The summed E-state index contributed by atoms with van der Waals surface area (Å²) in [6.07, 6.45) is 0. The van der Waals surface area contributed by atoms with Gasteiger partial charge in [0.2, 0.25) is 11.2 Å². The number of benzene rings is 3. The smallest absolute Gasteiger partial charge is 0.224 e. The fourth-order valence-corrected chi connectivity index (χ4v) is 4.79. The van der Waals surface area contributed by atoms with Crippen LogP contribution in [-0.2, 0) is 7.05 Å². The quantitative estimate of drug-likeness (QED) is 0.269. The van der Waals surface area contributed by atoms with Crippen LogP contribution < -0.4 is 9.47 Å². The van der Waals surface area contributed by atoms with Crippen LogP contribution in [0.3, 0.4) is 0 Å². The molecule has 0 N–H and O–H groups in total. The average molecular weight is 368 g/mol. The number of anilines is 2. The van der Waals surface area contributed by atoms with Crippen LogP contribution in [0.2, 0.25) is 0 Å². The lowest BCUT2D eigenvalue weighted by Gasteiger charge is -2.30. The van der Waals surface area contributed by atoms with Gasteiger partial charge in [0.25, 0.3) is 0 Å². The Morgan fingerprint density at radius 2 is 1.32 bits per heavy atom. The molecule has 0 radical (unpaired) electrons. The fourth-order valence-electron chi connectivity index (χ4n) is 4.79. The predicted molar refractivity (Wildman–Crippen MR) is 120 cm³/mol. The Morgan fingerprint density at radius 1 is 0.679 bits per heavy atom. The largest absolute Gasteiger partial charge is 0.343 e. The van der Waals surface area contributed by atoms with Gasteiger partial charge in [-0.15, -0.1) is 0 Å². The maximum atomic E-state index is 2.41. The minimum Gasteiger partial charge on any atom is -0.343 e. The number of pyridine rings is 1. The highest BCUT2D eigenvalue weighted by molar-refractivity contribution is 6.17. The van der Waals surface area contributed by atoms with Crippen molar-refractivity contribution in [1.29, 1.82) is 0 Å². The molecule has 28 heavy (non-hydrogen) atoms. The van der Waals surface area contributed by atoms with Crippen molar-refractivity contribution >= 4 is 33.1 Å². The number of aryl methyl sites for hydroxylation is 6. The van der Waals surface area contributed by atoms with Gasteiger partial charge >= 0.3 is 0 Å². The molecule has 140 valence electrons. The highest BCUT2D eigenvalue weighted by Crippen LogP contribution is 2.48. The Kier molecular flexibility index (Phi) is 3.43. The molecule has 0 unspecified atom stereocenters. The minimum absolute atomic E-state index is 1.29. The summed E-state index contributed by atoms with van der Waals surface area (Å²) in [7, 11) is 4.43. The van der Waals surface area contributed by atoms with E-state index < -0.39 is 0 Å². The van der Waals surface area contributed by atoms with Gasteiger partial charge in [0.15, 0.2) is 0 Å². The zero-order valence-corrected chi connectivity index (χ0v) is 17.9. The Labute approximate surface area is 167 Å². The van der Waals surface area contributed by atoms with E-state index in [1.807, 2.05) is 0 Å². The third-order valence-electron chi connectivity index (χ3n) is 6.69. The average Bonchev–Trinajstić information content (AvgIpc) is 2.64. The number of nitrogens with zero attached hydrogens (tertiary/aromatic N) is 2. The second-order valence-electron chi connectivity index (χ2n) is 8.58. The number of hydrogen-bond donors (Lipinski definition) is 0. The van der Waals surface area contributed by atoms with E-state index in [-0.39, 0.29) is 0 Å². The van der Waals surface area contributed by atoms with E-state index in [2.05, 4.69) is 94.6 Å². The predicted octanol–water partition coefficient (Wildman–Crippen LogP) is 6.11. The summed E-state index contributed by atoms with van der Waals surface area (Å²) < 4.78 is 2.41. The van der Waals surface area contributed by atoms with Gasteiger partial charge in [-0.1, -0.05) is 6.07 Å². The lowest BCUT2D eigenvalue weighted by molar-refractivity contribution is -0.632. The number of hydrogen-bond acceptors (Lipinski definition) is 1. The van der Waals surface area contributed by atoms with Gasteiger partial charge in [-0.25, -0.2) is 0 Å². The summed E-state index contributed by atoms with van der Waals surface area (Å²) in [6, 6.07) is 14.1. The van der Waals surface area contributed by atoms with Gasteiger partial charge in [0.1, 0.15) is 7.05 Å². The maximum Gasteiger partial charge on any atom is 0.224 e. The summed E-state index contributed by atoms with van der Waals surface area (Å²) >= 11 is 0. The molecule has 5 rings (SSSR count). The fraction of sp³-hybridized carbons (Fsp3) is 0.269. The lowest BCUT2D eigenvalue weighted by atomic mass is 9.89. The first-order valence-corrected chi connectivity index (χ1v) is 10.0. The normalized spacial score (nSPS) is 12.8. The minimum atomic E-state index is 1.29. The number of rotatable bonds is 0. The standard InChI is InChI=1S/C26H27N2/c1-14-8-20-19-10-15(2)17(4)12-22(19)28(7)26-21-11-16(3)18(5)13-23(21)27(6)24(9-14)25(20)26/h8-13H,1-7H3/q+1. The van der Waals surface area contributed by atoms with Crippen LogP contribution in [0.15, 0.2) is 36.4 Å². The molecule has 0 saturated carbocycles. The number of fused-ring (bicyclic) bond motifs is 4. The van der Waals surface area contributed by atoms with Gasteiger partial charge in [-0.2, -0.15) is 4.57 Å². The number of aromatic nitrogens is 1. The van der Waals surface area contributed by atoms with E-state index in [0.29, 0.717) is 0 Å². The first-order chi connectivity index (χ1) is 13.3. The zero-order chi connectivity index (χ0) is 19.9. The molecule has 0 spiro atoms. The monoisotopic (exact) mass is 367 g/mol. The van der Waals surface area contributed by atoms with E-state index in [1.54, 1.807) is 0 Å². The van der Waals surface area contributed by atoms with Crippen molar-refractivity contribution in [3.8, 4) is 11.3 Å². The molecule has 1 aromatic heterocycles. The third-order valence-corrected chi connectivity index (χ3v) is 6.69. The molecule has 0 fully saturated rings. The third kappa shape index (κ3) is 2.12. The Morgan fingerprint density at radius 3 is 2.07 bits per heavy atom. The van der Waals surface area contributed by atoms with E-state index in [1.165, 1.54) is 72.1 Å². The molecule has 2 heterocycles. The molecule has 0 atom stereocenters. The Balaban J connectivity index is 2.10. The maximum absolute atomic E-state index is 2.41. The molecule has 0 bridgehead atoms. The van der Waals surface area contributed by atoms with Crippen molar-refractivity contribution in [1.82, 2.24) is 0 Å². The van der Waals surface area contributed by atoms with E-state index >= 15 is 0 Å². The molecule has 0 saturated heterocycles. The molecular formula is C26H27N2+. The van der Waals surface area contributed by atoms with E-state index in [9.17, 15) is 0 Å².